The Hall–Kier alpha value is -4.53. The first-order valence-corrected chi connectivity index (χ1v) is 11.6. The molecule has 0 bridgehead atoms. The zero-order valence-corrected chi connectivity index (χ0v) is 19.5. The number of rotatable bonds is 4. The van der Waals surface area contributed by atoms with Crippen molar-refractivity contribution in [2.24, 2.45) is 0 Å². The lowest BCUT2D eigenvalue weighted by molar-refractivity contribution is -0.134. The summed E-state index contributed by atoms with van der Waals surface area (Å²) in [5.41, 5.74) is 0.676. The maximum absolute atomic E-state index is 13.8. The molecule has 1 saturated heterocycles. The summed E-state index contributed by atoms with van der Waals surface area (Å²) in [6.45, 7) is 1.55. The topological polar surface area (TPSA) is 97.4 Å². The molecule has 1 fully saturated rings. The number of carbonyl (C=O) groups is 3. The Morgan fingerprint density at radius 2 is 1.69 bits per heavy atom. The summed E-state index contributed by atoms with van der Waals surface area (Å²) >= 11 is 0. The molecule has 3 heterocycles. The molecule has 3 aromatic rings. The third-order valence-corrected chi connectivity index (χ3v) is 6.80. The van der Waals surface area contributed by atoms with Crippen molar-refractivity contribution in [1.29, 1.82) is 0 Å². The normalized spacial score (nSPS) is 22.2. The molecule has 0 spiro atoms. The molecule has 0 aromatic heterocycles. The molecular weight excluding hydrogens is 462 g/mol. The largest absolute Gasteiger partial charge is 0.489 e. The summed E-state index contributed by atoms with van der Waals surface area (Å²) in [4.78, 5) is 42.8. The number of fused-ring (bicyclic) bond motifs is 2. The quantitative estimate of drug-likeness (QED) is 0.570. The van der Waals surface area contributed by atoms with Crippen LogP contribution in [0.25, 0.3) is 0 Å². The van der Waals surface area contributed by atoms with Gasteiger partial charge in [-0.1, -0.05) is 48.5 Å². The van der Waals surface area contributed by atoms with Crippen LogP contribution in [-0.4, -0.2) is 42.7 Å². The van der Waals surface area contributed by atoms with E-state index in [4.69, 9.17) is 14.2 Å². The molecule has 6 rings (SSSR count). The van der Waals surface area contributed by atoms with Crippen molar-refractivity contribution < 1.29 is 28.6 Å². The molecule has 1 N–H and O–H groups in total. The summed E-state index contributed by atoms with van der Waals surface area (Å²) in [6, 6.07) is 20.8. The van der Waals surface area contributed by atoms with Gasteiger partial charge >= 0.3 is 6.03 Å². The average Bonchev–Trinajstić information content (AvgIpc) is 3.46. The van der Waals surface area contributed by atoms with Crippen LogP contribution in [0.2, 0.25) is 0 Å². The number of hydrogen-bond acceptors (Lipinski definition) is 6. The van der Waals surface area contributed by atoms with Crippen LogP contribution in [-0.2, 0) is 15.1 Å². The Balaban J connectivity index is 1.30. The molecule has 0 radical (unpaired) electrons. The van der Waals surface area contributed by atoms with Crippen LogP contribution in [0.3, 0.4) is 0 Å². The van der Waals surface area contributed by atoms with Crippen molar-refractivity contribution in [2.45, 2.75) is 18.5 Å². The number of anilines is 1. The minimum Gasteiger partial charge on any atom is -0.489 e. The lowest BCUT2D eigenvalue weighted by Gasteiger charge is -2.37. The monoisotopic (exact) mass is 485 g/mol. The Labute approximate surface area is 207 Å². The fourth-order valence-corrected chi connectivity index (χ4v) is 4.87. The molecule has 9 nitrogen and oxygen atoms in total. The van der Waals surface area contributed by atoms with Crippen LogP contribution in [0, 0.1) is 0 Å². The number of amides is 4. The number of urea groups is 1. The number of para-hydroxylation sites is 2. The molecular formula is C27H23N3O6. The van der Waals surface area contributed by atoms with Crippen LogP contribution in [0.4, 0.5) is 10.5 Å². The highest BCUT2D eigenvalue weighted by atomic mass is 16.7. The third kappa shape index (κ3) is 3.43. The number of nitrogens with one attached hydrogen (secondary N) is 1. The Kier molecular flexibility index (Phi) is 5.06. The van der Waals surface area contributed by atoms with Crippen molar-refractivity contribution in [2.75, 3.05) is 24.8 Å². The number of hydrogen-bond donors (Lipinski definition) is 1. The average molecular weight is 485 g/mol. The van der Waals surface area contributed by atoms with Gasteiger partial charge < -0.3 is 19.5 Å². The van der Waals surface area contributed by atoms with E-state index in [2.05, 4.69) is 5.32 Å². The van der Waals surface area contributed by atoms with E-state index < -0.39 is 36.0 Å². The van der Waals surface area contributed by atoms with Gasteiger partial charge in [0.25, 0.3) is 5.91 Å². The predicted octanol–water partition coefficient (Wildman–Crippen LogP) is 3.35. The van der Waals surface area contributed by atoms with Crippen LogP contribution >= 0.6 is 0 Å². The van der Waals surface area contributed by atoms with E-state index >= 15 is 0 Å². The number of nitrogens with zero attached hydrogens (tertiary/aromatic N) is 2. The minimum atomic E-state index is -1.35. The van der Waals surface area contributed by atoms with Gasteiger partial charge in [-0.25, -0.2) is 4.79 Å². The molecule has 3 aromatic carbocycles. The van der Waals surface area contributed by atoms with Gasteiger partial charge in [0.15, 0.2) is 11.5 Å². The molecule has 3 aliphatic heterocycles. The second-order valence-corrected chi connectivity index (χ2v) is 8.98. The standard InChI is InChI=1S/C27H23N3O6/c1-27(18-11-12-22-23(13-18)36-16-35-22)25(32)29(26(33)28-27)14-24(31)30-19-9-5-6-10-21(19)34-15-20(30)17-7-3-2-4-8-17/h2-13,20H,14-16H2,1H3,(H,28,33). The van der Waals surface area contributed by atoms with Crippen molar-refractivity contribution in [1.82, 2.24) is 10.2 Å². The highest BCUT2D eigenvalue weighted by molar-refractivity contribution is 6.11. The van der Waals surface area contributed by atoms with Gasteiger partial charge in [-0.05, 0) is 42.3 Å². The maximum Gasteiger partial charge on any atom is 0.325 e. The number of carbonyl (C=O) groups excluding carboxylic acids is 3. The van der Waals surface area contributed by atoms with Crippen LogP contribution in [0.15, 0.2) is 72.8 Å². The van der Waals surface area contributed by atoms with Gasteiger partial charge in [0, 0.05) is 0 Å². The lowest BCUT2D eigenvalue weighted by atomic mass is 9.91. The van der Waals surface area contributed by atoms with Crippen LogP contribution < -0.4 is 24.4 Å². The molecule has 4 amide bonds. The van der Waals surface area contributed by atoms with E-state index in [1.165, 1.54) is 0 Å². The predicted molar refractivity (Wildman–Crippen MR) is 129 cm³/mol. The third-order valence-electron chi connectivity index (χ3n) is 6.80. The van der Waals surface area contributed by atoms with Crippen molar-refractivity contribution in [3.63, 3.8) is 0 Å². The van der Waals surface area contributed by atoms with E-state index in [9.17, 15) is 14.4 Å². The molecule has 0 saturated carbocycles. The zero-order valence-electron chi connectivity index (χ0n) is 19.5. The second-order valence-electron chi connectivity index (χ2n) is 8.98. The molecule has 0 aliphatic carbocycles. The highest BCUT2D eigenvalue weighted by Gasteiger charge is 2.50. The van der Waals surface area contributed by atoms with Crippen molar-refractivity contribution in [3.8, 4) is 17.2 Å². The molecule has 2 unspecified atom stereocenters. The van der Waals surface area contributed by atoms with E-state index in [0.717, 1.165) is 10.5 Å². The molecule has 182 valence electrons. The summed E-state index contributed by atoms with van der Waals surface area (Å²) < 4.78 is 16.7. The molecule has 36 heavy (non-hydrogen) atoms. The number of imide groups is 1. The van der Waals surface area contributed by atoms with Crippen LogP contribution in [0.1, 0.15) is 24.1 Å². The Bertz CT molecular complexity index is 1380. The van der Waals surface area contributed by atoms with E-state index in [0.29, 0.717) is 28.5 Å². The summed E-state index contributed by atoms with van der Waals surface area (Å²) in [5.74, 6) is 0.737. The summed E-state index contributed by atoms with van der Waals surface area (Å²) in [7, 11) is 0. The van der Waals surface area contributed by atoms with Gasteiger partial charge in [-0.15, -0.1) is 0 Å². The van der Waals surface area contributed by atoms with Crippen molar-refractivity contribution >= 4 is 23.5 Å². The fourth-order valence-electron chi connectivity index (χ4n) is 4.87. The van der Waals surface area contributed by atoms with Crippen molar-refractivity contribution in [3.05, 3.63) is 83.9 Å². The summed E-state index contributed by atoms with van der Waals surface area (Å²) in [6.07, 6.45) is 0. The van der Waals surface area contributed by atoms with Crippen LogP contribution in [0.5, 0.6) is 17.2 Å². The second kappa shape index (κ2) is 8.30. The molecule has 2 atom stereocenters. The number of ether oxygens (including phenoxy) is 3. The lowest BCUT2D eigenvalue weighted by Crippen LogP contribution is -2.48. The maximum atomic E-state index is 13.8. The Morgan fingerprint density at radius 1 is 0.944 bits per heavy atom. The fraction of sp³-hybridized carbons (Fsp3) is 0.222. The van der Waals surface area contributed by atoms with Gasteiger partial charge in [0.2, 0.25) is 12.7 Å². The summed E-state index contributed by atoms with van der Waals surface area (Å²) in [5, 5.41) is 2.75. The first-order chi connectivity index (χ1) is 17.5. The number of benzene rings is 3. The molecule has 9 heteroatoms. The van der Waals surface area contributed by atoms with Gasteiger partial charge in [-0.2, -0.15) is 0 Å². The first kappa shape index (κ1) is 22.0. The minimum absolute atomic E-state index is 0.0973. The smallest absolute Gasteiger partial charge is 0.325 e. The highest BCUT2D eigenvalue weighted by Crippen LogP contribution is 2.40. The van der Waals surface area contributed by atoms with E-state index in [1.807, 2.05) is 42.5 Å². The molecule has 3 aliphatic rings. The van der Waals surface area contributed by atoms with Gasteiger partial charge in [-0.3, -0.25) is 19.4 Å². The first-order valence-electron chi connectivity index (χ1n) is 11.6. The zero-order chi connectivity index (χ0) is 24.9. The SMILES string of the molecule is CC1(c2ccc3c(c2)OCO3)NC(=O)N(CC(=O)N2c3ccccc3OCC2c2ccccc2)C1=O. The van der Waals surface area contributed by atoms with Gasteiger partial charge in [0.05, 0.1) is 11.7 Å². The van der Waals surface area contributed by atoms with E-state index in [1.54, 1.807) is 42.2 Å². The van der Waals surface area contributed by atoms with Gasteiger partial charge in [0.1, 0.15) is 24.4 Å². The Morgan fingerprint density at radius 3 is 2.53 bits per heavy atom. The van der Waals surface area contributed by atoms with E-state index in [-0.39, 0.29) is 13.4 Å².